The summed E-state index contributed by atoms with van der Waals surface area (Å²) in [5.41, 5.74) is 16.3. The van der Waals surface area contributed by atoms with Crippen LogP contribution >= 0.6 is 63.7 Å². The number of hydrogen-bond donors (Lipinski definition) is 0. The molecule has 18 rings (SSSR count). The molecule has 0 saturated carbocycles. The number of fused-ring (bicyclic) bond motifs is 14. The molecular weight excluding hydrogens is 1430 g/mol. The Bertz CT molecular complexity index is 5480. The van der Waals surface area contributed by atoms with Gasteiger partial charge in [-0.3, -0.25) is 19.2 Å². The van der Waals surface area contributed by atoms with Crippen LogP contribution in [-0.4, -0.2) is 41.9 Å². The Kier molecular flexibility index (Phi) is 12.5. The zero-order chi connectivity index (χ0) is 64.0. The SMILES string of the molecule is Cc1cc(-c2cc(C)c(N3C(=O)c4c(-n5c6ccccc6c6cc(Br)ccc65)ccc(-n5c6ccccc6c6cc(Br)ccc65)c4C3=O)c(C)c2)cc(C)c1N1C(=O)c2c(-n3c4ccccc4c4cc(Br)ccc43)ccc(-n3c4ccccc4c4cc(Br)ccc43)c2C1=O. The molecule has 4 amide bonds. The first kappa shape index (κ1) is 56.8. The van der Waals surface area contributed by atoms with Crippen LogP contribution in [0.5, 0.6) is 0 Å². The number of imide groups is 2. The van der Waals surface area contributed by atoms with Crippen LogP contribution in [0.4, 0.5) is 11.4 Å². The van der Waals surface area contributed by atoms with Crippen LogP contribution in [-0.2, 0) is 0 Å². The number of carbonyl (C=O) groups excluding carboxylic acids is 4. The first-order valence-electron chi connectivity index (χ1n) is 30.7. The maximum absolute atomic E-state index is 16.0. The third-order valence-corrected chi connectivity index (χ3v) is 21.2. The van der Waals surface area contributed by atoms with Gasteiger partial charge in [-0.25, -0.2) is 9.80 Å². The van der Waals surface area contributed by atoms with Gasteiger partial charge in [0.05, 0.1) is 101 Å². The summed E-state index contributed by atoms with van der Waals surface area (Å²) in [5, 5.41) is 8.07. The molecule has 12 aromatic carbocycles. The fraction of sp³-hybridized carbons (Fsp3) is 0.0500. The highest BCUT2D eigenvalue weighted by Crippen LogP contribution is 2.48. The third-order valence-electron chi connectivity index (χ3n) is 19.3. The lowest BCUT2D eigenvalue weighted by molar-refractivity contribution is 0.0910. The highest BCUT2D eigenvalue weighted by Gasteiger charge is 2.45. The van der Waals surface area contributed by atoms with E-state index in [4.69, 9.17) is 0 Å². The second-order valence-corrected chi connectivity index (χ2v) is 28.2. The quantitative estimate of drug-likeness (QED) is 0.149. The fourth-order valence-corrected chi connectivity index (χ4v) is 17.0. The number of carbonyl (C=O) groups is 4. The smallest absolute Gasteiger partial charge is 0.268 e. The predicted octanol–water partition coefficient (Wildman–Crippen LogP) is 21.6. The van der Waals surface area contributed by atoms with E-state index in [2.05, 4.69) is 179 Å². The largest absolute Gasteiger partial charge is 0.308 e. The van der Waals surface area contributed by atoms with E-state index in [0.29, 0.717) is 78.6 Å². The summed E-state index contributed by atoms with van der Waals surface area (Å²) >= 11 is 14.9. The highest BCUT2D eigenvalue weighted by molar-refractivity contribution is 9.11. The zero-order valence-corrected chi connectivity index (χ0v) is 57.0. The van der Waals surface area contributed by atoms with Gasteiger partial charge in [-0.2, -0.15) is 0 Å². The summed E-state index contributed by atoms with van der Waals surface area (Å²) in [6.45, 7) is 7.78. The van der Waals surface area contributed by atoms with E-state index in [-0.39, 0.29) is 0 Å². The second-order valence-electron chi connectivity index (χ2n) is 24.6. The molecule has 0 fully saturated rings. The van der Waals surface area contributed by atoms with Gasteiger partial charge in [-0.05, 0) is 207 Å². The molecule has 0 unspecified atom stereocenters. The maximum atomic E-state index is 16.0. The number of hydrogen-bond acceptors (Lipinski definition) is 4. The minimum Gasteiger partial charge on any atom is -0.308 e. The van der Waals surface area contributed by atoms with Gasteiger partial charge in [0.2, 0.25) is 0 Å². The van der Waals surface area contributed by atoms with Gasteiger partial charge in [0.25, 0.3) is 23.6 Å². The summed E-state index contributed by atoms with van der Waals surface area (Å²) in [6, 6.07) is 73.3. The molecule has 4 aromatic heterocycles. The van der Waals surface area contributed by atoms with Gasteiger partial charge in [-0.1, -0.05) is 137 Å². The van der Waals surface area contributed by atoms with Gasteiger partial charge < -0.3 is 18.3 Å². The average Bonchev–Trinajstić information content (AvgIpc) is 1.55. The van der Waals surface area contributed by atoms with E-state index in [1.54, 1.807) is 0 Å². The minimum absolute atomic E-state index is 0.305. The van der Waals surface area contributed by atoms with Gasteiger partial charge >= 0.3 is 0 Å². The molecule has 0 radical (unpaired) electrons. The monoisotopic (exact) mass is 1470 g/mol. The van der Waals surface area contributed by atoms with E-state index in [1.165, 1.54) is 9.80 Å². The molecule has 0 N–H and O–H groups in total. The van der Waals surface area contributed by atoms with Gasteiger partial charge in [0.1, 0.15) is 0 Å². The molecule has 14 heteroatoms. The van der Waals surface area contributed by atoms with Crippen molar-refractivity contribution in [2.45, 2.75) is 27.7 Å². The molecule has 0 saturated heterocycles. The number of halogens is 4. The molecular formula is C80H48Br4N6O4. The van der Waals surface area contributed by atoms with E-state index >= 15 is 19.2 Å². The van der Waals surface area contributed by atoms with Crippen molar-refractivity contribution in [3.05, 3.63) is 281 Å². The number of anilines is 2. The van der Waals surface area contributed by atoms with Crippen molar-refractivity contribution in [3.8, 4) is 33.9 Å². The molecule has 10 nitrogen and oxygen atoms in total. The topological polar surface area (TPSA) is 94.5 Å². The summed E-state index contributed by atoms with van der Waals surface area (Å²) in [5.74, 6) is -1.71. The third kappa shape index (κ3) is 7.97. The molecule has 94 heavy (non-hydrogen) atoms. The van der Waals surface area contributed by atoms with E-state index in [0.717, 1.165) is 116 Å². The standard InChI is InChI=1S/C80H48Br4N6O4/c1-41-33-45(34-42(2)75(41)89-77(91)71-67(85-59-17-9-5-13-51(59)55-37-47(81)21-25-63(55)85)29-30-68(72(71)78(89)92)86-60-18-10-6-14-52(60)56-38-48(82)22-26-64(56)86)46-35-43(3)76(44(4)36-46)90-79(93)73-69(87-61-19-11-7-15-53(61)57-39-49(83)23-27-65(57)87)31-32-70(74(73)80(90)94)88-62-20-12-8-16-54(62)58-40-50(84)24-28-66(58)88/h5-40H,1-4H3. The van der Waals surface area contributed by atoms with Gasteiger partial charge in [0, 0.05) is 61.0 Å². The van der Waals surface area contributed by atoms with Crippen molar-refractivity contribution in [3.63, 3.8) is 0 Å². The van der Waals surface area contributed by atoms with E-state index < -0.39 is 23.6 Å². The Morgan fingerprint density at radius 1 is 0.245 bits per heavy atom. The minimum atomic E-state index is -0.428. The predicted molar refractivity (Wildman–Crippen MR) is 394 cm³/mol. The molecule has 2 aliphatic rings. The van der Waals surface area contributed by atoms with Crippen LogP contribution in [0, 0.1) is 27.7 Å². The Labute approximate surface area is 571 Å². The first-order chi connectivity index (χ1) is 45.6. The molecule has 2 aliphatic heterocycles. The Morgan fingerprint density at radius 3 is 0.691 bits per heavy atom. The van der Waals surface area contributed by atoms with Crippen molar-refractivity contribution < 1.29 is 19.2 Å². The number of para-hydroxylation sites is 4. The number of nitrogens with zero attached hydrogens (tertiary/aromatic N) is 6. The average molecular weight is 1480 g/mol. The van der Waals surface area contributed by atoms with E-state index in [1.807, 2.05) is 149 Å². The van der Waals surface area contributed by atoms with Gasteiger partial charge in [0.15, 0.2) is 0 Å². The van der Waals surface area contributed by atoms with Crippen molar-refractivity contribution in [2.24, 2.45) is 0 Å². The number of rotatable bonds is 7. The van der Waals surface area contributed by atoms with Crippen LogP contribution < -0.4 is 9.80 Å². The summed E-state index contributed by atoms with van der Waals surface area (Å²) < 4.78 is 12.2. The van der Waals surface area contributed by atoms with Crippen LogP contribution in [0.2, 0.25) is 0 Å². The van der Waals surface area contributed by atoms with Crippen molar-refractivity contribution in [1.82, 2.24) is 18.3 Å². The first-order valence-corrected chi connectivity index (χ1v) is 33.9. The van der Waals surface area contributed by atoms with Crippen LogP contribution in [0.3, 0.4) is 0 Å². The lowest BCUT2D eigenvalue weighted by atomic mass is 9.94. The summed E-state index contributed by atoms with van der Waals surface area (Å²) in [4.78, 5) is 66.9. The molecule has 0 spiro atoms. The fourth-order valence-electron chi connectivity index (χ4n) is 15.6. The maximum Gasteiger partial charge on any atom is 0.268 e. The second kappa shape index (κ2) is 20.8. The normalized spacial score (nSPS) is 13.4. The summed E-state index contributed by atoms with van der Waals surface area (Å²) in [6.07, 6.45) is 0. The van der Waals surface area contributed by atoms with Crippen molar-refractivity contribution in [2.75, 3.05) is 9.80 Å². The van der Waals surface area contributed by atoms with E-state index in [9.17, 15) is 0 Å². The Morgan fingerprint density at radius 2 is 0.457 bits per heavy atom. The molecule has 0 bridgehead atoms. The Balaban J connectivity index is 0.775. The lowest BCUT2D eigenvalue weighted by Gasteiger charge is -2.23. The summed E-state index contributed by atoms with van der Waals surface area (Å²) in [7, 11) is 0. The molecule has 450 valence electrons. The van der Waals surface area contributed by atoms with Crippen LogP contribution in [0.1, 0.15) is 63.7 Å². The number of benzene rings is 12. The lowest BCUT2D eigenvalue weighted by Crippen LogP contribution is -2.31. The van der Waals surface area contributed by atoms with Crippen LogP contribution in [0.25, 0.3) is 121 Å². The van der Waals surface area contributed by atoms with Gasteiger partial charge in [-0.15, -0.1) is 0 Å². The molecule has 0 atom stereocenters. The number of aromatic nitrogens is 4. The number of aryl methyl sites for hydroxylation is 4. The molecule has 6 heterocycles. The van der Waals surface area contributed by atoms with Crippen molar-refractivity contribution in [1.29, 1.82) is 0 Å². The molecule has 0 aliphatic carbocycles. The van der Waals surface area contributed by atoms with Crippen molar-refractivity contribution >= 4 is 186 Å². The zero-order valence-electron chi connectivity index (χ0n) is 50.6. The highest BCUT2D eigenvalue weighted by atomic mass is 79.9. The Hall–Kier alpha value is -9.96. The number of amides is 4. The van der Waals surface area contributed by atoms with Crippen LogP contribution in [0.15, 0.2) is 236 Å². The molecule has 16 aromatic rings.